The first-order valence-electron chi connectivity index (χ1n) is 5.29. The van der Waals surface area contributed by atoms with E-state index in [0.29, 0.717) is 25.4 Å². The molecule has 1 N–H and O–H groups in total. The Morgan fingerprint density at radius 1 is 1.50 bits per heavy atom. The zero-order valence-corrected chi connectivity index (χ0v) is 9.29. The molecule has 16 heavy (non-hydrogen) atoms. The van der Waals surface area contributed by atoms with Crippen LogP contribution in [0.15, 0.2) is 18.2 Å². The van der Waals surface area contributed by atoms with Crippen LogP contribution in [0.4, 0.5) is 10.1 Å². The number of hydrogen-bond donors (Lipinski definition) is 1. The number of benzene rings is 1. The molecule has 0 aliphatic carbocycles. The van der Waals surface area contributed by atoms with Crippen LogP contribution < -0.4 is 5.32 Å². The average molecular weight is 222 g/mol. The van der Waals surface area contributed by atoms with Gasteiger partial charge in [-0.05, 0) is 25.5 Å². The van der Waals surface area contributed by atoms with E-state index in [-0.39, 0.29) is 5.56 Å². The third kappa shape index (κ3) is 3.52. The Morgan fingerprint density at radius 2 is 2.31 bits per heavy atom. The maximum absolute atomic E-state index is 13.2. The molecule has 0 amide bonds. The molecule has 0 aliphatic heterocycles. The first-order chi connectivity index (χ1) is 7.79. The third-order valence-electron chi connectivity index (χ3n) is 2.11. The van der Waals surface area contributed by atoms with Gasteiger partial charge in [0.2, 0.25) is 0 Å². The first-order valence-corrected chi connectivity index (χ1v) is 5.29. The number of anilines is 1. The largest absolute Gasteiger partial charge is 0.384 e. The van der Waals surface area contributed by atoms with Gasteiger partial charge in [-0.15, -0.1) is 0 Å². The zero-order chi connectivity index (χ0) is 11.8. The molecule has 0 radical (unpaired) electrons. The van der Waals surface area contributed by atoms with Gasteiger partial charge < -0.3 is 10.1 Å². The van der Waals surface area contributed by atoms with Crippen LogP contribution in [0.2, 0.25) is 0 Å². The van der Waals surface area contributed by atoms with E-state index in [2.05, 4.69) is 5.32 Å². The molecule has 0 saturated carbocycles. The highest BCUT2D eigenvalue weighted by atomic mass is 19.1. The average Bonchev–Trinajstić information content (AvgIpc) is 2.29. The van der Waals surface area contributed by atoms with Crippen LogP contribution in [0.1, 0.15) is 18.9 Å². The van der Waals surface area contributed by atoms with Crippen molar-refractivity contribution in [3.63, 3.8) is 0 Å². The lowest BCUT2D eigenvalue weighted by Gasteiger charge is -2.08. The van der Waals surface area contributed by atoms with E-state index in [4.69, 9.17) is 10.00 Å². The minimum Gasteiger partial charge on any atom is -0.384 e. The van der Waals surface area contributed by atoms with Gasteiger partial charge in [0.25, 0.3) is 0 Å². The van der Waals surface area contributed by atoms with Crippen molar-refractivity contribution in [2.45, 2.75) is 13.3 Å². The number of ether oxygens (including phenoxy) is 1. The van der Waals surface area contributed by atoms with Gasteiger partial charge in [0, 0.05) is 19.8 Å². The van der Waals surface area contributed by atoms with Gasteiger partial charge in [-0.3, -0.25) is 0 Å². The fourth-order valence-corrected chi connectivity index (χ4v) is 1.33. The van der Waals surface area contributed by atoms with E-state index in [1.807, 2.05) is 13.0 Å². The highest BCUT2D eigenvalue weighted by molar-refractivity contribution is 5.57. The van der Waals surface area contributed by atoms with Gasteiger partial charge in [-0.2, -0.15) is 5.26 Å². The smallest absolute Gasteiger partial charge is 0.143 e. The maximum atomic E-state index is 13.2. The molecule has 0 spiro atoms. The molecular formula is C12H15FN2O. The Hall–Kier alpha value is -1.60. The number of rotatable bonds is 6. The third-order valence-corrected chi connectivity index (χ3v) is 2.11. The Morgan fingerprint density at radius 3 is 3.00 bits per heavy atom. The molecule has 1 aromatic rings. The van der Waals surface area contributed by atoms with Crippen molar-refractivity contribution in [1.29, 1.82) is 5.26 Å². The molecule has 0 unspecified atom stereocenters. The number of nitrogens with one attached hydrogen (secondary N) is 1. The van der Waals surface area contributed by atoms with Crippen LogP contribution >= 0.6 is 0 Å². The molecule has 1 rings (SSSR count). The summed E-state index contributed by atoms with van der Waals surface area (Å²) < 4.78 is 18.4. The van der Waals surface area contributed by atoms with Crippen LogP contribution in [0, 0.1) is 17.1 Å². The zero-order valence-electron chi connectivity index (χ0n) is 9.29. The van der Waals surface area contributed by atoms with Crippen molar-refractivity contribution in [2.75, 3.05) is 25.1 Å². The monoisotopic (exact) mass is 222 g/mol. The van der Waals surface area contributed by atoms with Gasteiger partial charge >= 0.3 is 0 Å². The number of nitrogens with zero attached hydrogens (tertiary/aromatic N) is 1. The van der Waals surface area contributed by atoms with Gasteiger partial charge in [0.1, 0.15) is 17.4 Å². The van der Waals surface area contributed by atoms with Gasteiger partial charge in [-0.25, -0.2) is 4.39 Å². The van der Waals surface area contributed by atoms with Crippen molar-refractivity contribution in [3.8, 4) is 6.07 Å². The van der Waals surface area contributed by atoms with Crippen molar-refractivity contribution in [2.24, 2.45) is 0 Å². The molecule has 0 aliphatic rings. The molecule has 0 bridgehead atoms. The highest BCUT2D eigenvalue weighted by Gasteiger charge is 2.06. The quantitative estimate of drug-likeness (QED) is 0.752. The molecule has 0 aromatic heterocycles. The van der Waals surface area contributed by atoms with Crippen molar-refractivity contribution in [1.82, 2.24) is 0 Å². The Balaban J connectivity index is 2.48. The van der Waals surface area contributed by atoms with Crippen LogP contribution in [0.3, 0.4) is 0 Å². The Labute approximate surface area is 94.8 Å². The molecule has 0 saturated heterocycles. The topological polar surface area (TPSA) is 45.0 Å². The molecule has 1 aromatic carbocycles. The molecule has 0 fully saturated rings. The van der Waals surface area contributed by atoms with Crippen molar-refractivity contribution >= 4 is 5.69 Å². The second-order valence-corrected chi connectivity index (χ2v) is 3.25. The summed E-state index contributed by atoms with van der Waals surface area (Å²) >= 11 is 0. The summed E-state index contributed by atoms with van der Waals surface area (Å²) in [6.07, 6.45) is 0.829. The molecule has 86 valence electrons. The van der Waals surface area contributed by atoms with Crippen LogP contribution in [-0.2, 0) is 4.74 Å². The SMILES string of the molecule is CCOCCCNc1cccc(F)c1C#N. The van der Waals surface area contributed by atoms with Crippen LogP contribution in [-0.4, -0.2) is 19.8 Å². The van der Waals surface area contributed by atoms with E-state index in [0.717, 1.165) is 6.42 Å². The standard InChI is InChI=1S/C12H15FN2O/c1-2-16-8-4-7-15-12-6-3-5-11(13)10(12)9-14/h3,5-6,15H,2,4,7-8H2,1H3. The van der Waals surface area contributed by atoms with E-state index >= 15 is 0 Å². The predicted octanol–water partition coefficient (Wildman–Crippen LogP) is 2.54. The summed E-state index contributed by atoms with van der Waals surface area (Å²) in [6.45, 7) is 3.97. The Kier molecular flexibility index (Phi) is 5.30. The lowest BCUT2D eigenvalue weighted by molar-refractivity contribution is 0.147. The van der Waals surface area contributed by atoms with Crippen LogP contribution in [0.5, 0.6) is 0 Å². The summed E-state index contributed by atoms with van der Waals surface area (Å²) in [5.41, 5.74) is 0.609. The predicted molar refractivity (Wildman–Crippen MR) is 60.7 cm³/mol. The first kappa shape index (κ1) is 12.5. The Bertz CT molecular complexity index is 374. The normalized spacial score (nSPS) is 9.81. The molecule has 3 nitrogen and oxygen atoms in total. The molecule has 0 heterocycles. The number of nitriles is 1. The number of halogens is 1. The molecule has 0 atom stereocenters. The summed E-state index contributed by atoms with van der Waals surface area (Å²) in [5, 5.41) is 11.8. The van der Waals surface area contributed by atoms with Gasteiger partial charge in [-0.1, -0.05) is 6.07 Å². The van der Waals surface area contributed by atoms with Crippen molar-refractivity contribution < 1.29 is 9.13 Å². The van der Waals surface area contributed by atoms with E-state index in [1.165, 1.54) is 6.07 Å². The number of hydrogen-bond acceptors (Lipinski definition) is 3. The second-order valence-electron chi connectivity index (χ2n) is 3.25. The lowest BCUT2D eigenvalue weighted by atomic mass is 10.2. The van der Waals surface area contributed by atoms with Crippen molar-refractivity contribution in [3.05, 3.63) is 29.6 Å². The summed E-state index contributed by atoms with van der Waals surface area (Å²) in [4.78, 5) is 0. The maximum Gasteiger partial charge on any atom is 0.143 e. The van der Waals surface area contributed by atoms with E-state index < -0.39 is 5.82 Å². The lowest BCUT2D eigenvalue weighted by Crippen LogP contribution is -2.07. The molecule has 4 heteroatoms. The van der Waals surface area contributed by atoms with E-state index in [9.17, 15) is 4.39 Å². The second kappa shape index (κ2) is 6.81. The molecular weight excluding hydrogens is 207 g/mol. The minimum atomic E-state index is -0.489. The van der Waals surface area contributed by atoms with Gasteiger partial charge in [0.05, 0.1) is 5.69 Å². The summed E-state index contributed by atoms with van der Waals surface area (Å²) in [7, 11) is 0. The minimum absolute atomic E-state index is 0.0684. The van der Waals surface area contributed by atoms with Gasteiger partial charge in [0.15, 0.2) is 0 Å². The fourth-order valence-electron chi connectivity index (χ4n) is 1.33. The summed E-state index contributed by atoms with van der Waals surface area (Å²) in [5.74, 6) is -0.489. The van der Waals surface area contributed by atoms with E-state index in [1.54, 1.807) is 12.1 Å². The van der Waals surface area contributed by atoms with Crippen LogP contribution in [0.25, 0.3) is 0 Å². The fraction of sp³-hybridized carbons (Fsp3) is 0.417. The highest BCUT2D eigenvalue weighted by Crippen LogP contribution is 2.17. The summed E-state index contributed by atoms with van der Waals surface area (Å²) in [6, 6.07) is 6.41.